The molecule has 2 rings (SSSR count). The van der Waals surface area contributed by atoms with Crippen LogP contribution in [-0.4, -0.2) is 52.7 Å². The molecule has 1 aromatic rings. The van der Waals surface area contributed by atoms with Crippen molar-refractivity contribution in [3.05, 3.63) is 23.8 Å². The Morgan fingerprint density at radius 1 is 1.22 bits per heavy atom. The number of rotatable bonds is 6. The molecule has 0 saturated carbocycles. The van der Waals surface area contributed by atoms with Crippen molar-refractivity contribution in [1.82, 2.24) is 5.32 Å². The zero-order valence-electron chi connectivity index (χ0n) is 15.5. The predicted molar refractivity (Wildman–Crippen MR) is 99.1 cm³/mol. The molecule has 27 heavy (non-hydrogen) atoms. The van der Waals surface area contributed by atoms with Crippen LogP contribution in [0, 0.1) is 0 Å². The summed E-state index contributed by atoms with van der Waals surface area (Å²) in [6, 6.07) is 4.59. The molecule has 2 amide bonds. The molecule has 0 saturated heterocycles. The smallest absolute Gasteiger partial charge is 0.316 e. The van der Waals surface area contributed by atoms with Gasteiger partial charge in [-0.25, -0.2) is 8.42 Å². The molecule has 0 unspecified atom stereocenters. The van der Waals surface area contributed by atoms with Gasteiger partial charge in [0.05, 0.1) is 12.0 Å². The Kier molecular flexibility index (Phi) is 6.95. The SMILES string of the molecule is COC(=O)CCCCNC(=O)C(=O)N1CCCc2cc(S(C)(=O)=O)ccc21. The number of ether oxygens (including phenoxy) is 1. The minimum atomic E-state index is -3.33. The second-order valence-electron chi connectivity index (χ2n) is 6.41. The number of carbonyl (C=O) groups excluding carboxylic acids is 3. The van der Waals surface area contributed by atoms with E-state index in [2.05, 4.69) is 10.1 Å². The summed E-state index contributed by atoms with van der Waals surface area (Å²) in [6.07, 6.45) is 3.82. The highest BCUT2D eigenvalue weighted by Gasteiger charge is 2.28. The van der Waals surface area contributed by atoms with Crippen molar-refractivity contribution in [2.75, 3.05) is 31.4 Å². The molecule has 9 heteroatoms. The van der Waals surface area contributed by atoms with Crippen LogP contribution >= 0.6 is 0 Å². The summed E-state index contributed by atoms with van der Waals surface area (Å²) in [6.45, 7) is 0.690. The maximum Gasteiger partial charge on any atom is 0.316 e. The predicted octanol–water partition coefficient (Wildman–Crippen LogP) is 0.829. The molecule has 148 valence electrons. The van der Waals surface area contributed by atoms with Crippen LogP contribution in [0.15, 0.2) is 23.1 Å². The van der Waals surface area contributed by atoms with E-state index >= 15 is 0 Å². The number of aryl methyl sites for hydroxylation is 1. The van der Waals surface area contributed by atoms with E-state index in [0.29, 0.717) is 37.9 Å². The highest BCUT2D eigenvalue weighted by molar-refractivity contribution is 7.90. The first-order valence-corrected chi connectivity index (χ1v) is 10.6. The van der Waals surface area contributed by atoms with Gasteiger partial charge in [-0.2, -0.15) is 0 Å². The van der Waals surface area contributed by atoms with E-state index in [9.17, 15) is 22.8 Å². The first-order valence-electron chi connectivity index (χ1n) is 8.73. The molecule has 0 atom stereocenters. The lowest BCUT2D eigenvalue weighted by Gasteiger charge is -2.29. The molecule has 0 aromatic heterocycles. The minimum absolute atomic E-state index is 0.200. The van der Waals surface area contributed by atoms with Gasteiger partial charge in [-0.1, -0.05) is 0 Å². The maximum atomic E-state index is 12.5. The zero-order chi connectivity index (χ0) is 20.0. The Balaban J connectivity index is 1.97. The largest absolute Gasteiger partial charge is 0.469 e. The lowest BCUT2D eigenvalue weighted by Crippen LogP contribution is -2.45. The Hall–Kier alpha value is -2.42. The molecule has 0 radical (unpaired) electrons. The van der Waals surface area contributed by atoms with Gasteiger partial charge in [-0.05, 0) is 49.4 Å². The first kappa shape index (κ1) is 20.9. The normalized spacial score (nSPS) is 13.6. The van der Waals surface area contributed by atoms with Crippen molar-refractivity contribution in [3.8, 4) is 0 Å². The Morgan fingerprint density at radius 2 is 1.96 bits per heavy atom. The van der Waals surface area contributed by atoms with Gasteiger partial charge in [0, 0.05) is 31.5 Å². The number of hydrogen-bond acceptors (Lipinski definition) is 6. The van der Waals surface area contributed by atoms with Crippen LogP contribution < -0.4 is 10.2 Å². The van der Waals surface area contributed by atoms with Crippen LogP contribution in [0.4, 0.5) is 5.69 Å². The molecule has 1 aliphatic rings. The molecule has 1 N–H and O–H groups in total. The maximum absolute atomic E-state index is 12.5. The Morgan fingerprint density at radius 3 is 2.63 bits per heavy atom. The van der Waals surface area contributed by atoms with Crippen molar-refractivity contribution in [3.63, 3.8) is 0 Å². The second kappa shape index (κ2) is 8.98. The number of nitrogens with one attached hydrogen (secondary N) is 1. The van der Waals surface area contributed by atoms with Gasteiger partial charge in [0.15, 0.2) is 9.84 Å². The van der Waals surface area contributed by atoms with Crippen LogP contribution in [0.1, 0.15) is 31.2 Å². The number of benzene rings is 1. The number of amides is 2. The van der Waals surface area contributed by atoms with E-state index in [-0.39, 0.29) is 23.8 Å². The summed E-state index contributed by atoms with van der Waals surface area (Å²) < 4.78 is 27.9. The number of nitrogens with zero attached hydrogens (tertiary/aromatic N) is 1. The van der Waals surface area contributed by atoms with E-state index in [1.54, 1.807) is 12.1 Å². The molecule has 1 heterocycles. The number of esters is 1. The van der Waals surface area contributed by atoms with Crippen molar-refractivity contribution in [1.29, 1.82) is 0 Å². The van der Waals surface area contributed by atoms with Crippen molar-refractivity contribution in [2.45, 2.75) is 37.0 Å². The summed E-state index contributed by atoms with van der Waals surface area (Å²) in [4.78, 5) is 37.2. The first-order chi connectivity index (χ1) is 12.7. The second-order valence-corrected chi connectivity index (χ2v) is 8.43. The van der Waals surface area contributed by atoms with Gasteiger partial charge in [0.25, 0.3) is 0 Å². The fourth-order valence-electron chi connectivity index (χ4n) is 2.91. The molecule has 1 aromatic carbocycles. The summed E-state index contributed by atoms with van der Waals surface area (Å²) in [5.41, 5.74) is 1.31. The number of unbranched alkanes of at least 4 members (excludes halogenated alkanes) is 1. The van der Waals surface area contributed by atoms with Crippen molar-refractivity contribution in [2.24, 2.45) is 0 Å². The van der Waals surface area contributed by atoms with Crippen LogP contribution in [0.2, 0.25) is 0 Å². The molecule has 0 fully saturated rings. The number of anilines is 1. The van der Waals surface area contributed by atoms with Gasteiger partial charge in [0.2, 0.25) is 0 Å². The van der Waals surface area contributed by atoms with Gasteiger partial charge in [0.1, 0.15) is 0 Å². The Bertz CT molecular complexity index is 834. The monoisotopic (exact) mass is 396 g/mol. The number of sulfone groups is 1. The van der Waals surface area contributed by atoms with E-state index in [1.807, 2.05) is 0 Å². The van der Waals surface area contributed by atoms with E-state index in [1.165, 1.54) is 18.1 Å². The van der Waals surface area contributed by atoms with Crippen LogP contribution in [0.5, 0.6) is 0 Å². The minimum Gasteiger partial charge on any atom is -0.469 e. The molecular formula is C18H24N2O6S. The molecule has 0 bridgehead atoms. The third-order valence-corrected chi connectivity index (χ3v) is 5.47. The van der Waals surface area contributed by atoms with Crippen molar-refractivity contribution < 1.29 is 27.5 Å². The average Bonchev–Trinajstić information content (AvgIpc) is 2.65. The summed E-state index contributed by atoms with van der Waals surface area (Å²) in [5, 5.41) is 2.56. The van der Waals surface area contributed by atoms with E-state index in [4.69, 9.17) is 0 Å². The molecule has 0 aliphatic carbocycles. The number of fused-ring (bicyclic) bond motifs is 1. The summed E-state index contributed by atoms with van der Waals surface area (Å²) >= 11 is 0. The lowest BCUT2D eigenvalue weighted by molar-refractivity contribution is -0.140. The molecule has 1 aliphatic heterocycles. The third kappa shape index (κ3) is 5.53. The standard InChI is InChI=1S/C18H24N2O6S/c1-26-16(21)7-3-4-10-19-17(22)18(23)20-11-5-6-13-12-14(27(2,24)25)8-9-15(13)20/h8-9,12H,3-7,10-11H2,1-2H3,(H,19,22). The Labute approximate surface area is 158 Å². The molecular weight excluding hydrogens is 372 g/mol. The summed E-state index contributed by atoms with van der Waals surface area (Å²) in [5.74, 6) is -1.69. The fraction of sp³-hybridized carbons (Fsp3) is 0.500. The van der Waals surface area contributed by atoms with Crippen molar-refractivity contribution >= 4 is 33.3 Å². The highest BCUT2D eigenvalue weighted by Crippen LogP contribution is 2.29. The van der Waals surface area contributed by atoms with Gasteiger partial charge in [-0.15, -0.1) is 0 Å². The van der Waals surface area contributed by atoms with Crippen LogP contribution in [0.3, 0.4) is 0 Å². The average molecular weight is 396 g/mol. The quantitative estimate of drug-likeness (QED) is 0.433. The number of carbonyl (C=O) groups is 3. The number of hydrogen-bond donors (Lipinski definition) is 1. The van der Waals surface area contributed by atoms with Gasteiger partial charge < -0.3 is 15.0 Å². The molecule has 0 spiro atoms. The highest BCUT2D eigenvalue weighted by atomic mass is 32.2. The summed E-state index contributed by atoms with van der Waals surface area (Å²) in [7, 11) is -2.01. The third-order valence-electron chi connectivity index (χ3n) is 4.36. The lowest BCUT2D eigenvalue weighted by atomic mass is 10.0. The van der Waals surface area contributed by atoms with Gasteiger partial charge in [-0.3, -0.25) is 14.4 Å². The van der Waals surface area contributed by atoms with E-state index in [0.717, 1.165) is 11.8 Å². The van der Waals surface area contributed by atoms with Gasteiger partial charge >= 0.3 is 17.8 Å². The number of methoxy groups -OCH3 is 1. The van der Waals surface area contributed by atoms with E-state index < -0.39 is 21.7 Å². The van der Waals surface area contributed by atoms with Crippen LogP contribution in [0.25, 0.3) is 0 Å². The fourth-order valence-corrected chi connectivity index (χ4v) is 3.58. The van der Waals surface area contributed by atoms with Crippen LogP contribution in [-0.2, 0) is 35.4 Å². The topological polar surface area (TPSA) is 110 Å². The zero-order valence-corrected chi connectivity index (χ0v) is 16.3. The molecule has 8 nitrogen and oxygen atoms in total.